The van der Waals surface area contributed by atoms with Gasteiger partial charge in [-0.25, -0.2) is 0 Å². The summed E-state index contributed by atoms with van der Waals surface area (Å²) in [6.45, 7) is 6.69. The van der Waals surface area contributed by atoms with Crippen LogP contribution in [0.4, 0.5) is 5.95 Å². The molecule has 0 amide bonds. The van der Waals surface area contributed by atoms with Gasteiger partial charge in [-0.1, -0.05) is 0 Å². The Morgan fingerprint density at radius 3 is 3.16 bits per heavy atom. The maximum Gasteiger partial charge on any atom is 0.244 e. The van der Waals surface area contributed by atoms with E-state index in [1.807, 2.05) is 6.92 Å². The van der Waals surface area contributed by atoms with Crippen LogP contribution in [0.5, 0.6) is 0 Å². The molecule has 0 bridgehead atoms. The van der Waals surface area contributed by atoms with Crippen molar-refractivity contribution >= 4 is 5.95 Å². The number of anilines is 1. The van der Waals surface area contributed by atoms with Gasteiger partial charge >= 0.3 is 0 Å². The largest absolute Gasteiger partial charge is 0.382 e. The first-order valence-corrected chi connectivity index (χ1v) is 7.23. The van der Waals surface area contributed by atoms with E-state index in [0.29, 0.717) is 6.04 Å². The smallest absolute Gasteiger partial charge is 0.244 e. The molecule has 0 radical (unpaired) electrons. The Bertz CT molecular complexity index is 381. The van der Waals surface area contributed by atoms with E-state index in [1.165, 1.54) is 0 Å². The summed E-state index contributed by atoms with van der Waals surface area (Å²) < 4.78 is 5.32. The zero-order valence-electron chi connectivity index (χ0n) is 11.9. The van der Waals surface area contributed by atoms with E-state index in [2.05, 4.69) is 27.0 Å². The number of aromatic amines is 1. The summed E-state index contributed by atoms with van der Waals surface area (Å²) in [4.78, 5) is 6.77. The molecule has 0 aromatic carbocycles. The molecule has 108 valence electrons. The molecule has 1 saturated heterocycles. The predicted octanol–water partition coefficient (Wildman–Crippen LogP) is 1.09. The summed E-state index contributed by atoms with van der Waals surface area (Å²) in [6.07, 6.45) is 4.04. The Kier molecular flexibility index (Phi) is 5.15. The first kappa shape index (κ1) is 14.3. The molecule has 1 aromatic heterocycles. The topological polar surface area (TPSA) is 80.1 Å². The lowest BCUT2D eigenvalue weighted by Crippen LogP contribution is -2.50. The third-order valence-corrected chi connectivity index (χ3v) is 3.73. The minimum Gasteiger partial charge on any atom is -0.382 e. The molecule has 0 aliphatic carbocycles. The second kappa shape index (κ2) is 6.86. The molecule has 0 spiro atoms. The van der Waals surface area contributed by atoms with Crippen LogP contribution in [-0.4, -0.2) is 47.0 Å². The number of nitrogens with one attached hydrogen (secondary N) is 1. The van der Waals surface area contributed by atoms with Gasteiger partial charge in [0.05, 0.1) is 0 Å². The Labute approximate surface area is 114 Å². The fourth-order valence-electron chi connectivity index (χ4n) is 2.47. The first-order valence-electron chi connectivity index (χ1n) is 7.23. The number of nitrogens with zero attached hydrogens (tertiary/aromatic N) is 3. The summed E-state index contributed by atoms with van der Waals surface area (Å²) in [5, 5.41) is 7.33. The normalized spacial score (nSPS) is 23.8. The standard InChI is InChI=1S/C13H25N5O/c1-3-19-9-5-7-12-15-13(17-16-12)18-8-4-6-11(14)10(18)2/h10-11H,3-9,14H2,1-2H3,(H,15,16,17). The lowest BCUT2D eigenvalue weighted by molar-refractivity contribution is 0.145. The number of aryl methyl sites for hydroxylation is 1. The van der Waals surface area contributed by atoms with E-state index >= 15 is 0 Å². The number of rotatable bonds is 6. The van der Waals surface area contributed by atoms with Gasteiger partial charge in [0, 0.05) is 38.3 Å². The molecule has 2 atom stereocenters. The fraction of sp³-hybridized carbons (Fsp3) is 0.846. The molecular formula is C13H25N5O. The van der Waals surface area contributed by atoms with Gasteiger partial charge in [-0.15, -0.1) is 5.10 Å². The third kappa shape index (κ3) is 3.67. The SMILES string of the molecule is CCOCCCc1nc(N2CCCC(N)C2C)n[nH]1. The average molecular weight is 267 g/mol. The van der Waals surface area contributed by atoms with Crippen LogP contribution in [0, 0.1) is 0 Å². The van der Waals surface area contributed by atoms with Crippen molar-refractivity contribution in [3.8, 4) is 0 Å². The molecule has 1 aliphatic rings. The van der Waals surface area contributed by atoms with Crippen LogP contribution < -0.4 is 10.6 Å². The van der Waals surface area contributed by atoms with Crippen molar-refractivity contribution in [3.05, 3.63) is 5.82 Å². The molecule has 2 heterocycles. The molecule has 6 nitrogen and oxygen atoms in total. The number of hydrogen-bond donors (Lipinski definition) is 2. The molecule has 6 heteroatoms. The zero-order chi connectivity index (χ0) is 13.7. The Morgan fingerprint density at radius 2 is 2.37 bits per heavy atom. The van der Waals surface area contributed by atoms with Crippen molar-refractivity contribution in [2.24, 2.45) is 5.73 Å². The van der Waals surface area contributed by atoms with Crippen molar-refractivity contribution < 1.29 is 4.74 Å². The van der Waals surface area contributed by atoms with Crippen LogP contribution in [0.2, 0.25) is 0 Å². The minimum atomic E-state index is 0.216. The van der Waals surface area contributed by atoms with E-state index in [4.69, 9.17) is 10.5 Å². The Hall–Kier alpha value is -1.14. The molecule has 1 aliphatic heterocycles. The van der Waals surface area contributed by atoms with Gasteiger partial charge in [0.1, 0.15) is 5.82 Å². The second-order valence-corrected chi connectivity index (χ2v) is 5.12. The Balaban J connectivity index is 1.89. The van der Waals surface area contributed by atoms with Crippen molar-refractivity contribution in [3.63, 3.8) is 0 Å². The Morgan fingerprint density at radius 1 is 1.53 bits per heavy atom. The molecule has 1 fully saturated rings. The minimum absolute atomic E-state index is 0.216. The van der Waals surface area contributed by atoms with E-state index < -0.39 is 0 Å². The lowest BCUT2D eigenvalue weighted by Gasteiger charge is -2.36. The first-order chi connectivity index (χ1) is 9.22. The quantitative estimate of drug-likeness (QED) is 0.754. The molecule has 0 saturated carbocycles. The maximum atomic E-state index is 6.10. The van der Waals surface area contributed by atoms with E-state index in [-0.39, 0.29) is 6.04 Å². The van der Waals surface area contributed by atoms with Gasteiger partial charge in [-0.2, -0.15) is 4.98 Å². The van der Waals surface area contributed by atoms with Gasteiger partial charge in [0.2, 0.25) is 5.95 Å². The molecule has 2 unspecified atom stereocenters. The number of aromatic nitrogens is 3. The third-order valence-electron chi connectivity index (χ3n) is 3.73. The predicted molar refractivity (Wildman–Crippen MR) is 75.2 cm³/mol. The zero-order valence-corrected chi connectivity index (χ0v) is 11.9. The highest BCUT2D eigenvalue weighted by atomic mass is 16.5. The highest BCUT2D eigenvalue weighted by Crippen LogP contribution is 2.20. The van der Waals surface area contributed by atoms with Crippen LogP contribution in [0.1, 0.15) is 38.9 Å². The van der Waals surface area contributed by atoms with Gasteiger partial charge < -0.3 is 15.4 Å². The monoisotopic (exact) mass is 267 g/mol. The summed E-state index contributed by atoms with van der Waals surface area (Å²) >= 11 is 0. The van der Waals surface area contributed by atoms with Gasteiger partial charge in [-0.05, 0) is 33.1 Å². The van der Waals surface area contributed by atoms with Gasteiger partial charge in [0.25, 0.3) is 0 Å². The van der Waals surface area contributed by atoms with Crippen LogP contribution in [0.15, 0.2) is 0 Å². The van der Waals surface area contributed by atoms with Crippen LogP contribution in [-0.2, 0) is 11.2 Å². The van der Waals surface area contributed by atoms with Crippen LogP contribution in [0.3, 0.4) is 0 Å². The summed E-state index contributed by atoms with van der Waals surface area (Å²) in [5.41, 5.74) is 6.10. The van der Waals surface area contributed by atoms with Crippen molar-refractivity contribution in [1.29, 1.82) is 0 Å². The summed E-state index contributed by atoms with van der Waals surface area (Å²) in [7, 11) is 0. The number of ether oxygens (including phenoxy) is 1. The van der Waals surface area contributed by atoms with Gasteiger partial charge in [0.15, 0.2) is 0 Å². The maximum absolute atomic E-state index is 6.10. The molecule has 3 N–H and O–H groups in total. The molecule has 19 heavy (non-hydrogen) atoms. The van der Waals surface area contributed by atoms with E-state index in [0.717, 1.165) is 57.2 Å². The highest BCUT2D eigenvalue weighted by Gasteiger charge is 2.27. The van der Waals surface area contributed by atoms with Crippen molar-refractivity contribution in [1.82, 2.24) is 15.2 Å². The van der Waals surface area contributed by atoms with E-state index in [9.17, 15) is 0 Å². The number of hydrogen-bond acceptors (Lipinski definition) is 5. The summed E-state index contributed by atoms with van der Waals surface area (Å²) in [5.74, 6) is 1.72. The van der Waals surface area contributed by atoms with Gasteiger partial charge in [-0.3, -0.25) is 5.10 Å². The molecular weight excluding hydrogens is 242 g/mol. The number of nitrogens with two attached hydrogens (primary N) is 1. The summed E-state index contributed by atoms with van der Waals surface area (Å²) in [6, 6.07) is 0.523. The number of piperidine rings is 1. The van der Waals surface area contributed by atoms with Crippen LogP contribution >= 0.6 is 0 Å². The van der Waals surface area contributed by atoms with Crippen molar-refractivity contribution in [2.45, 2.75) is 51.6 Å². The average Bonchev–Trinajstić information content (AvgIpc) is 2.87. The van der Waals surface area contributed by atoms with Crippen molar-refractivity contribution in [2.75, 3.05) is 24.7 Å². The molecule has 1 aromatic rings. The fourth-order valence-corrected chi connectivity index (χ4v) is 2.47. The van der Waals surface area contributed by atoms with Crippen LogP contribution in [0.25, 0.3) is 0 Å². The van der Waals surface area contributed by atoms with E-state index in [1.54, 1.807) is 0 Å². The number of H-pyrrole nitrogens is 1. The lowest BCUT2D eigenvalue weighted by atomic mass is 9.99. The highest BCUT2D eigenvalue weighted by molar-refractivity contribution is 5.32. The second-order valence-electron chi connectivity index (χ2n) is 5.12. The molecule has 2 rings (SSSR count).